The monoisotopic (exact) mass is 325 g/mol. The number of hydrogen-bond donors (Lipinski definition) is 0. The zero-order valence-corrected chi connectivity index (χ0v) is 12.3. The number of halogens is 3. The Morgan fingerprint density at radius 1 is 1.10 bits per heavy atom. The van der Waals surface area contributed by atoms with Crippen molar-refractivity contribution >= 4 is 11.8 Å². The molecule has 8 heteroatoms. The second-order valence-corrected chi connectivity index (χ2v) is 5.32. The fraction of sp³-hybridized carbons (Fsp3) is 0.615. The molecule has 0 saturated carbocycles. The summed E-state index contributed by atoms with van der Waals surface area (Å²) in [6.07, 6.45) is -1.63. The number of alkyl halides is 3. The van der Waals surface area contributed by atoms with Gasteiger partial charge in [-0.1, -0.05) is 11.8 Å². The van der Waals surface area contributed by atoms with Gasteiger partial charge in [-0.25, -0.2) is 0 Å². The van der Waals surface area contributed by atoms with Gasteiger partial charge in [-0.3, -0.25) is 0 Å². The van der Waals surface area contributed by atoms with Gasteiger partial charge in [0.2, 0.25) is 0 Å². The number of pyridine rings is 1. The number of nitrogens with zero attached hydrogens (tertiary/aromatic N) is 1. The molecule has 0 N–H and O–H groups in total. The van der Waals surface area contributed by atoms with E-state index in [0.29, 0.717) is 24.7 Å². The highest BCUT2D eigenvalue weighted by molar-refractivity contribution is 7.99. The van der Waals surface area contributed by atoms with E-state index in [-0.39, 0.29) is 6.61 Å². The third kappa shape index (κ3) is 9.54. The maximum atomic E-state index is 11.8. The van der Waals surface area contributed by atoms with Crippen LogP contribution in [0.4, 0.5) is 13.2 Å². The van der Waals surface area contributed by atoms with Gasteiger partial charge < -0.3 is 14.7 Å². The predicted molar refractivity (Wildman–Crippen MR) is 73.1 cm³/mol. The first-order valence-electron chi connectivity index (χ1n) is 6.52. The molecule has 0 saturated heterocycles. The molecule has 1 rings (SSSR count). The van der Waals surface area contributed by atoms with E-state index in [2.05, 4.69) is 4.74 Å². The SMILES string of the molecule is [O-][n+]1ccccc1SCCCOCCCOCC(F)(F)F. The summed E-state index contributed by atoms with van der Waals surface area (Å²) in [7, 11) is 0. The fourth-order valence-electron chi connectivity index (χ4n) is 1.42. The van der Waals surface area contributed by atoms with Crippen LogP contribution >= 0.6 is 11.8 Å². The third-order valence-electron chi connectivity index (χ3n) is 2.31. The topological polar surface area (TPSA) is 45.4 Å². The molecule has 1 heterocycles. The molecular formula is C13H18F3NO3S. The van der Waals surface area contributed by atoms with Crippen molar-refractivity contribution in [1.29, 1.82) is 0 Å². The summed E-state index contributed by atoms with van der Waals surface area (Å²) >= 11 is 1.44. The zero-order chi connectivity index (χ0) is 15.6. The fourth-order valence-corrected chi connectivity index (χ4v) is 2.25. The van der Waals surface area contributed by atoms with Crippen molar-refractivity contribution < 1.29 is 27.4 Å². The minimum atomic E-state index is -4.27. The lowest BCUT2D eigenvalue weighted by atomic mass is 10.5. The summed E-state index contributed by atoms with van der Waals surface area (Å²) in [4.78, 5) is 0. The van der Waals surface area contributed by atoms with E-state index in [4.69, 9.17) is 4.74 Å². The van der Waals surface area contributed by atoms with Gasteiger partial charge >= 0.3 is 6.18 Å². The zero-order valence-electron chi connectivity index (χ0n) is 11.5. The van der Waals surface area contributed by atoms with Crippen LogP contribution in [0.1, 0.15) is 12.8 Å². The average molecular weight is 325 g/mol. The van der Waals surface area contributed by atoms with Crippen LogP contribution in [0.5, 0.6) is 0 Å². The summed E-state index contributed by atoms with van der Waals surface area (Å²) in [6, 6.07) is 5.21. The molecule has 0 unspecified atom stereocenters. The van der Waals surface area contributed by atoms with Gasteiger partial charge in [-0.2, -0.15) is 17.9 Å². The minimum Gasteiger partial charge on any atom is -0.618 e. The Kier molecular flexibility index (Phi) is 8.48. The maximum absolute atomic E-state index is 11.8. The van der Waals surface area contributed by atoms with Crippen molar-refractivity contribution in [3.05, 3.63) is 29.6 Å². The van der Waals surface area contributed by atoms with Crippen molar-refractivity contribution in [2.24, 2.45) is 0 Å². The Morgan fingerprint density at radius 2 is 1.81 bits per heavy atom. The van der Waals surface area contributed by atoms with Gasteiger partial charge in [-0.05, 0) is 18.9 Å². The lowest BCUT2D eigenvalue weighted by Crippen LogP contribution is -2.27. The molecule has 0 aliphatic heterocycles. The molecule has 0 aliphatic carbocycles. The van der Waals surface area contributed by atoms with E-state index in [1.54, 1.807) is 18.2 Å². The Balaban J connectivity index is 1.90. The van der Waals surface area contributed by atoms with Gasteiger partial charge in [0.05, 0.1) is 0 Å². The average Bonchev–Trinajstić information content (AvgIpc) is 2.41. The molecule has 0 fully saturated rings. The number of rotatable bonds is 10. The van der Waals surface area contributed by atoms with Gasteiger partial charge in [0.15, 0.2) is 6.20 Å². The first-order valence-corrected chi connectivity index (χ1v) is 7.51. The molecule has 0 radical (unpaired) electrons. The van der Waals surface area contributed by atoms with Crippen LogP contribution in [-0.4, -0.2) is 38.4 Å². The van der Waals surface area contributed by atoms with Crippen molar-refractivity contribution in [2.75, 3.05) is 32.2 Å². The van der Waals surface area contributed by atoms with Gasteiger partial charge in [-0.15, -0.1) is 0 Å². The first-order chi connectivity index (χ1) is 9.99. The Labute approximate surface area is 125 Å². The summed E-state index contributed by atoms with van der Waals surface area (Å²) in [5, 5.41) is 12.0. The molecule has 0 atom stereocenters. The Hall–Kier alpha value is -0.990. The highest BCUT2D eigenvalue weighted by Crippen LogP contribution is 2.14. The second-order valence-electron chi connectivity index (χ2n) is 4.20. The number of hydrogen-bond acceptors (Lipinski definition) is 4. The number of aromatic nitrogens is 1. The molecule has 0 bridgehead atoms. The van der Waals surface area contributed by atoms with Crippen LogP contribution in [0, 0.1) is 5.21 Å². The van der Waals surface area contributed by atoms with Crippen molar-refractivity contribution in [1.82, 2.24) is 0 Å². The highest BCUT2D eigenvalue weighted by atomic mass is 32.2. The molecule has 120 valence electrons. The molecule has 0 amide bonds. The minimum absolute atomic E-state index is 0.0362. The van der Waals surface area contributed by atoms with E-state index in [1.165, 1.54) is 18.0 Å². The van der Waals surface area contributed by atoms with Crippen LogP contribution < -0.4 is 4.73 Å². The lowest BCUT2D eigenvalue weighted by molar-refractivity contribution is -0.645. The van der Waals surface area contributed by atoms with E-state index in [9.17, 15) is 18.4 Å². The molecule has 1 aromatic heterocycles. The van der Waals surface area contributed by atoms with Crippen LogP contribution in [0.2, 0.25) is 0 Å². The molecule has 0 aliphatic rings. The van der Waals surface area contributed by atoms with Crippen molar-refractivity contribution in [2.45, 2.75) is 24.0 Å². The van der Waals surface area contributed by atoms with Gasteiger partial charge in [0, 0.05) is 37.7 Å². The van der Waals surface area contributed by atoms with E-state index < -0.39 is 12.8 Å². The summed E-state index contributed by atoms with van der Waals surface area (Å²) in [5.41, 5.74) is 0. The van der Waals surface area contributed by atoms with Crippen LogP contribution in [0.15, 0.2) is 29.4 Å². The van der Waals surface area contributed by atoms with Crippen molar-refractivity contribution in [3.8, 4) is 0 Å². The second kappa shape index (κ2) is 9.86. The summed E-state index contributed by atoms with van der Waals surface area (Å²) in [5.74, 6) is 0.747. The quantitative estimate of drug-likeness (QED) is 0.287. The van der Waals surface area contributed by atoms with Crippen molar-refractivity contribution in [3.63, 3.8) is 0 Å². The smallest absolute Gasteiger partial charge is 0.411 e. The predicted octanol–water partition coefficient (Wildman–Crippen LogP) is 2.79. The van der Waals surface area contributed by atoms with E-state index >= 15 is 0 Å². The Bertz CT molecular complexity index is 404. The summed E-state index contributed by atoms with van der Waals surface area (Å²) < 4.78 is 45.8. The number of thioether (sulfide) groups is 1. The molecule has 1 aromatic rings. The number of ether oxygens (including phenoxy) is 2. The molecule has 0 aromatic carbocycles. The largest absolute Gasteiger partial charge is 0.618 e. The van der Waals surface area contributed by atoms with E-state index in [1.807, 2.05) is 0 Å². The highest BCUT2D eigenvalue weighted by Gasteiger charge is 2.27. The molecule has 0 spiro atoms. The summed E-state index contributed by atoms with van der Waals surface area (Å²) in [6.45, 7) is -0.294. The maximum Gasteiger partial charge on any atom is 0.411 e. The van der Waals surface area contributed by atoms with Crippen LogP contribution in [0.25, 0.3) is 0 Å². The normalized spacial score (nSPS) is 11.8. The Morgan fingerprint density at radius 3 is 2.52 bits per heavy atom. The van der Waals surface area contributed by atoms with Crippen LogP contribution in [0.3, 0.4) is 0 Å². The molecule has 21 heavy (non-hydrogen) atoms. The van der Waals surface area contributed by atoms with Gasteiger partial charge in [0.1, 0.15) is 6.61 Å². The standard InChI is InChI=1S/C13H18F3NO3S/c14-13(15,16)11-20-8-3-7-19-9-4-10-21-12-5-1-2-6-17(12)18/h1-2,5-6H,3-4,7-11H2. The lowest BCUT2D eigenvalue weighted by Gasteiger charge is -2.08. The van der Waals surface area contributed by atoms with E-state index in [0.717, 1.165) is 16.9 Å². The van der Waals surface area contributed by atoms with Gasteiger partial charge in [0.25, 0.3) is 5.03 Å². The van der Waals surface area contributed by atoms with Crippen LogP contribution in [-0.2, 0) is 9.47 Å². The first kappa shape index (κ1) is 18.1. The molecule has 4 nitrogen and oxygen atoms in total. The third-order valence-corrected chi connectivity index (χ3v) is 3.42. The molecular weight excluding hydrogens is 307 g/mol.